The number of hydrogen-bond acceptors (Lipinski definition) is 4. The lowest BCUT2D eigenvalue weighted by Gasteiger charge is -2.26. The third-order valence-corrected chi connectivity index (χ3v) is 3.39. The van der Waals surface area contributed by atoms with E-state index in [1.165, 1.54) is 0 Å². The van der Waals surface area contributed by atoms with Crippen LogP contribution in [0.4, 0.5) is 10.5 Å². The summed E-state index contributed by atoms with van der Waals surface area (Å²) in [6.07, 6.45) is 0. The topological polar surface area (TPSA) is 49.4 Å². The quantitative estimate of drug-likeness (QED) is 0.869. The molecule has 1 heterocycles. The van der Waals surface area contributed by atoms with Crippen molar-refractivity contribution in [2.24, 2.45) is 0 Å². The van der Waals surface area contributed by atoms with Crippen molar-refractivity contribution in [3.05, 3.63) is 30.3 Å². The molecular formula is C11H12N2O2S. The van der Waals surface area contributed by atoms with E-state index in [0.29, 0.717) is 6.54 Å². The smallest absolute Gasteiger partial charge is 0.288 e. The molecule has 1 saturated heterocycles. The minimum absolute atomic E-state index is 0.235. The van der Waals surface area contributed by atoms with Gasteiger partial charge in [0.15, 0.2) is 5.37 Å². The first-order valence-corrected chi connectivity index (χ1v) is 5.93. The Morgan fingerprint density at radius 2 is 2.00 bits per heavy atom. The van der Waals surface area contributed by atoms with Gasteiger partial charge in [0.2, 0.25) is 0 Å². The zero-order valence-electron chi connectivity index (χ0n) is 8.84. The number of thioether (sulfide) groups is 1. The van der Waals surface area contributed by atoms with Gasteiger partial charge in [0, 0.05) is 12.2 Å². The minimum atomic E-state index is -0.445. The lowest BCUT2D eigenvalue weighted by atomic mass is 10.3. The van der Waals surface area contributed by atoms with Gasteiger partial charge in [-0.05, 0) is 30.8 Å². The Labute approximate surface area is 98.0 Å². The molecule has 1 N–H and O–H groups in total. The zero-order chi connectivity index (χ0) is 11.5. The zero-order valence-corrected chi connectivity index (χ0v) is 9.66. The third-order valence-electron chi connectivity index (χ3n) is 2.38. The van der Waals surface area contributed by atoms with Crippen molar-refractivity contribution in [3.8, 4) is 0 Å². The number of likely N-dealkylation sites (N-methyl/N-ethyl adjacent to an activating group) is 1. The van der Waals surface area contributed by atoms with Crippen LogP contribution in [-0.2, 0) is 4.79 Å². The molecule has 1 aliphatic heterocycles. The second-order valence-corrected chi connectivity index (χ2v) is 4.42. The van der Waals surface area contributed by atoms with E-state index in [1.54, 1.807) is 0 Å². The lowest BCUT2D eigenvalue weighted by molar-refractivity contribution is -0.118. The van der Waals surface area contributed by atoms with E-state index in [2.05, 4.69) is 5.32 Å². The number of carbonyl (C=O) groups excluding carboxylic acids is 2. The summed E-state index contributed by atoms with van der Waals surface area (Å²) in [6, 6.07) is 9.61. The Hall–Kier alpha value is -1.49. The van der Waals surface area contributed by atoms with Gasteiger partial charge in [-0.15, -0.1) is 0 Å². The predicted octanol–water partition coefficient (Wildman–Crippen LogP) is 1.82. The number of carbonyl (C=O) groups is 2. The maximum Gasteiger partial charge on any atom is 0.288 e. The fraction of sp³-hybridized carbons (Fsp3) is 0.273. The number of rotatable bonds is 3. The van der Waals surface area contributed by atoms with Gasteiger partial charge < -0.3 is 4.90 Å². The monoisotopic (exact) mass is 236 g/mol. The largest absolute Gasteiger partial charge is 0.351 e. The SMILES string of the molecule is CCN(c1ccccc1)[C@@H]1SC(=O)NC1=O. The number of anilines is 1. The highest BCUT2D eigenvalue weighted by atomic mass is 32.2. The van der Waals surface area contributed by atoms with Gasteiger partial charge >= 0.3 is 0 Å². The molecule has 0 aromatic heterocycles. The predicted molar refractivity (Wildman–Crippen MR) is 64.4 cm³/mol. The van der Waals surface area contributed by atoms with Crippen LogP contribution in [0.15, 0.2) is 30.3 Å². The van der Waals surface area contributed by atoms with Crippen LogP contribution >= 0.6 is 11.8 Å². The minimum Gasteiger partial charge on any atom is -0.351 e. The van der Waals surface area contributed by atoms with E-state index in [-0.39, 0.29) is 11.1 Å². The van der Waals surface area contributed by atoms with Crippen molar-refractivity contribution >= 4 is 28.6 Å². The number of hydrogen-bond donors (Lipinski definition) is 1. The molecule has 1 aromatic carbocycles. The molecule has 4 nitrogen and oxygen atoms in total. The number of para-hydroxylation sites is 1. The summed E-state index contributed by atoms with van der Waals surface area (Å²) in [5, 5.41) is 1.58. The molecule has 5 heteroatoms. The first kappa shape index (κ1) is 11.0. The number of nitrogens with one attached hydrogen (secondary N) is 1. The Morgan fingerprint density at radius 3 is 2.50 bits per heavy atom. The first-order valence-electron chi connectivity index (χ1n) is 5.05. The maximum absolute atomic E-state index is 11.6. The van der Waals surface area contributed by atoms with Gasteiger partial charge in [-0.2, -0.15) is 0 Å². The number of amides is 2. The van der Waals surface area contributed by atoms with Crippen LogP contribution in [0.1, 0.15) is 6.92 Å². The summed E-state index contributed by atoms with van der Waals surface area (Å²) in [4.78, 5) is 24.6. The van der Waals surface area contributed by atoms with Gasteiger partial charge in [-0.3, -0.25) is 14.9 Å². The first-order chi connectivity index (χ1) is 7.72. The van der Waals surface area contributed by atoms with Crippen molar-refractivity contribution in [1.29, 1.82) is 0 Å². The van der Waals surface area contributed by atoms with Gasteiger partial charge in [0.1, 0.15) is 0 Å². The van der Waals surface area contributed by atoms with Crippen molar-refractivity contribution in [3.63, 3.8) is 0 Å². The second-order valence-electron chi connectivity index (χ2n) is 3.37. The normalized spacial score (nSPS) is 19.7. The lowest BCUT2D eigenvalue weighted by Crippen LogP contribution is -2.39. The van der Waals surface area contributed by atoms with E-state index in [1.807, 2.05) is 42.2 Å². The highest BCUT2D eigenvalue weighted by Crippen LogP contribution is 2.27. The van der Waals surface area contributed by atoms with E-state index >= 15 is 0 Å². The van der Waals surface area contributed by atoms with E-state index in [9.17, 15) is 9.59 Å². The van der Waals surface area contributed by atoms with Gasteiger partial charge in [-0.25, -0.2) is 0 Å². The van der Waals surface area contributed by atoms with Crippen molar-refractivity contribution in [1.82, 2.24) is 5.32 Å². The molecule has 16 heavy (non-hydrogen) atoms. The average molecular weight is 236 g/mol. The standard InChI is InChI=1S/C11H12N2O2S/c1-2-13(8-6-4-3-5-7-8)10-9(14)12-11(15)16-10/h3-7,10H,2H2,1H3,(H,12,14,15)/t10-/m1/s1. The van der Waals surface area contributed by atoms with E-state index < -0.39 is 5.37 Å². The molecule has 1 fully saturated rings. The fourth-order valence-corrected chi connectivity index (χ4v) is 2.58. The van der Waals surface area contributed by atoms with E-state index in [0.717, 1.165) is 17.4 Å². The third kappa shape index (κ3) is 2.04. The summed E-state index contributed by atoms with van der Waals surface area (Å²) >= 11 is 1.03. The van der Waals surface area contributed by atoms with Gasteiger partial charge in [0.25, 0.3) is 11.1 Å². The Bertz CT molecular complexity index is 408. The maximum atomic E-state index is 11.6. The molecule has 1 aromatic rings. The second kappa shape index (κ2) is 4.57. The molecular weight excluding hydrogens is 224 g/mol. The van der Waals surface area contributed by atoms with Crippen molar-refractivity contribution in [2.45, 2.75) is 12.3 Å². The number of imide groups is 1. The summed E-state index contributed by atoms with van der Waals surface area (Å²) in [5.41, 5.74) is 0.951. The van der Waals surface area contributed by atoms with Crippen LogP contribution in [0.2, 0.25) is 0 Å². The van der Waals surface area contributed by atoms with Gasteiger partial charge in [-0.1, -0.05) is 18.2 Å². The van der Waals surface area contributed by atoms with Crippen LogP contribution in [-0.4, -0.2) is 23.1 Å². The van der Waals surface area contributed by atoms with Crippen molar-refractivity contribution in [2.75, 3.05) is 11.4 Å². The molecule has 0 spiro atoms. The highest BCUT2D eigenvalue weighted by molar-refractivity contribution is 8.15. The number of benzene rings is 1. The molecule has 0 aliphatic carbocycles. The molecule has 0 saturated carbocycles. The van der Waals surface area contributed by atoms with Crippen LogP contribution in [0, 0.1) is 0 Å². The summed E-state index contributed by atoms with van der Waals surface area (Å²) in [6.45, 7) is 2.64. The molecule has 0 radical (unpaired) electrons. The average Bonchev–Trinajstić information content (AvgIpc) is 2.61. The molecule has 2 amide bonds. The molecule has 84 valence electrons. The summed E-state index contributed by atoms with van der Waals surface area (Å²) in [5.74, 6) is -0.235. The fourth-order valence-electron chi connectivity index (χ4n) is 1.66. The van der Waals surface area contributed by atoms with Gasteiger partial charge in [0.05, 0.1) is 0 Å². The highest BCUT2D eigenvalue weighted by Gasteiger charge is 2.35. The summed E-state index contributed by atoms with van der Waals surface area (Å²) < 4.78 is 0. The Balaban J connectivity index is 2.24. The van der Waals surface area contributed by atoms with E-state index in [4.69, 9.17) is 0 Å². The molecule has 2 rings (SSSR count). The number of nitrogens with zero attached hydrogens (tertiary/aromatic N) is 1. The Morgan fingerprint density at radius 1 is 1.31 bits per heavy atom. The Kier molecular flexibility index (Phi) is 3.14. The molecule has 0 unspecified atom stereocenters. The van der Waals surface area contributed by atoms with Crippen LogP contribution < -0.4 is 10.2 Å². The van der Waals surface area contributed by atoms with Crippen LogP contribution in [0.3, 0.4) is 0 Å². The van der Waals surface area contributed by atoms with Crippen LogP contribution in [0.25, 0.3) is 0 Å². The molecule has 1 atom stereocenters. The van der Waals surface area contributed by atoms with Crippen LogP contribution in [0.5, 0.6) is 0 Å². The molecule has 1 aliphatic rings. The van der Waals surface area contributed by atoms with Crippen molar-refractivity contribution < 1.29 is 9.59 Å². The molecule has 0 bridgehead atoms. The summed E-state index contributed by atoms with van der Waals surface area (Å²) in [7, 11) is 0.